The molecule has 1 atom stereocenters. The van der Waals surface area contributed by atoms with Gasteiger partial charge in [-0.05, 0) is 142 Å². The van der Waals surface area contributed by atoms with Gasteiger partial charge < -0.3 is 4.90 Å². The Kier molecular flexibility index (Phi) is 7.00. The van der Waals surface area contributed by atoms with E-state index in [9.17, 15) is 0 Å². The molecule has 3 aliphatic carbocycles. The van der Waals surface area contributed by atoms with Crippen LogP contribution in [-0.2, 0) is 5.41 Å². The van der Waals surface area contributed by atoms with E-state index in [1.165, 1.54) is 99.8 Å². The van der Waals surface area contributed by atoms with Gasteiger partial charge in [-0.25, -0.2) is 0 Å². The van der Waals surface area contributed by atoms with Gasteiger partial charge in [-0.15, -0.1) is 0 Å². The van der Waals surface area contributed by atoms with Crippen LogP contribution in [0.1, 0.15) is 22.3 Å². The third kappa shape index (κ3) is 4.52. The van der Waals surface area contributed by atoms with Gasteiger partial charge in [0.15, 0.2) is 0 Å². The molecule has 1 unspecified atom stereocenters. The van der Waals surface area contributed by atoms with E-state index in [2.05, 4.69) is 229 Å². The Hall–Kier alpha value is -7.74. The highest BCUT2D eigenvalue weighted by atomic mass is 15.1. The number of hydrogen-bond donors (Lipinski definition) is 0. The van der Waals surface area contributed by atoms with E-state index >= 15 is 0 Å². The lowest BCUT2D eigenvalue weighted by molar-refractivity contribution is 0.795. The summed E-state index contributed by atoms with van der Waals surface area (Å²) in [6.07, 6.45) is 0. The van der Waals surface area contributed by atoms with Crippen molar-refractivity contribution in [1.82, 2.24) is 0 Å². The van der Waals surface area contributed by atoms with Crippen molar-refractivity contribution < 1.29 is 0 Å². The van der Waals surface area contributed by atoms with Gasteiger partial charge in [0.25, 0.3) is 0 Å². The Balaban J connectivity index is 1.04. The number of anilines is 3. The number of hydrogen-bond acceptors (Lipinski definition) is 1. The quantitative estimate of drug-likeness (QED) is 0.169. The van der Waals surface area contributed by atoms with Crippen LogP contribution in [-0.4, -0.2) is 0 Å². The first-order valence-electron chi connectivity index (χ1n) is 20.9. The fourth-order valence-corrected chi connectivity index (χ4v) is 10.9. The molecule has 0 saturated carbocycles. The molecule has 1 spiro atoms. The minimum absolute atomic E-state index is 0.464. The van der Waals surface area contributed by atoms with Crippen molar-refractivity contribution in [1.29, 1.82) is 0 Å². The fourth-order valence-electron chi connectivity index (χ4n) is 10.9. The lowest BCUT2D eigenvalue weighted by Crippen LogP contribution is -2.26. The molecule has 0 aromatic heterocycles. The Bertz CT molecular complexity index is 3260. The largest absolute Gasteiger partial charge is 0.310 e. The van der Waals surface area contributed by atoms with Crippen molar-refractivity contribution in [3.63, 3.8) is 0 Å². The van der Waals surface area contributed by atoms with Crippen LogP contribution < -0.4 is 4.90 Å². The van der Waals surface area contributed by atoms with Crippen LogP contribution in [0.25, 0.3) is 77.5 Å². The molecule has 3 aliphatic rings. The molecule has 10 aromatic rings. The average Bonchev–Trinajstić information content (AvgIpc) is 3.92. The van der Waals surface area contributed by atoms with Crippen molar-refractivity contribution in [3.05, 3.63) is 247 Å². The number of benzene rings is 10. The summed E-state index contributed by atoms with van der Waals surface area (Å²) in [4.78, 5) is 2.42. The van der Waals surface area contributed by atoms with Crippen LogP contribution in [0.2, 0.25) is 0 Å². The van der Waals surface area contributed by atoms with Crippen molar-refractivity contribution >= 4 is 27.8 Å². The van der Waals surface area contributed by atoms with Crippen LogP contribution in [0, 0.1) is 0 Å². The van der Waals surface area contributed by atoms with Gasteiger partial charge in [0.2, 0.25) is 0 Å². The van der Waals surface area contributed by atoms with E-state index < -0.39 is 5.41 Å². The maximum Gasteiger partial charge on any atom is 0.0726 e. The Morgan fingerprint density at radius 1 is 0.267 bits per heavy atom. The van der Waals surface area contributed by atoms with E-state index in [0.29, 0.717) is 0 Å². The molecule has 0 aliphatic heterocycles. The third-order valence-electron chi connectivity index (χ3n) is 13.4. The number of rotatable bonds is 5. The number of nitrogens with zero attached hydrogens (tertiary/aromatic N) is 1. The summed E-state index contributed by atoms with van der Waals surface area (Å²) in [6, 6.07) is 83.4. The van der Waals surface area contributed by atoms with E-state index in [1.807, 2.05) is 0 Å². The van der Waals surface area contributed by atoms with Gasteiger partial charge in [-0.3, -0.25) is 0 Å². The zero-order valence-corrected chi connectivity index (χ0v) is 32.8. The second-order valence-corrected chi connectivity index (χ2v) is 16.4. The first-order chi connectivity index (χ1) is 29.8. The van der Waals surface area contributed by atoms with Gasteiger partial charge in [0.1, 0.15) is 0 Å². The van der Waals surface area contributed by atoms with Crippen molar-refractivity contribution in [2.75, 3.05) is 4.90 Å². The molecular formula is C59H37N. The van der Waals surface area contributed by atoms with Gasteiger partial charge in [0.05, 0.1) is 5.41 Å². The second kappa shape index (κ2) is 12.6. The van der Waals surface area contributed by atoms with E-state index in [4.69, 9.17) is 0 Å². The predicted molar refractivity (Wildman–Crippen MR) is 250 cm³/mol. The molecular weight excluding hydrogens is 723 g/mol. The monoisotopic (exact) mass is 759 g/mol. The first-order valence-corrected chi connectivity index (χ1v) is 20.9. The zero-order valence-electron chi connectivity index (χ0n) is 32.8. The maximum absolute atomic E-state index is 2.56. The minimum Gasteiger partial charge on any atom is -0.310 e. The summed E-state index contributed by atoms with van der Waals surface area (Å²) in [5.41, 5.74) is 23.8. The van der Waals surface area contributed by atoms with E-state index in [0.717, 1.165) is 17.1 Å². The van der Waals surface area contributed by atoms with Gasteiger partial charge in [-0.1, -0.05) is 182 Å². The number of fused-ring (bicyclic) bond motifs is 14. The molecule has 0 radical (unpaired) electrons. The van der Waals surface area contributed by atoms with Gasteiger partial charge in [0, 0.05) is 17.1 Å². The molecule has 10 aromatic carbocycles. The average molecular weight is 760 g/mol. The molecule has 13 rings (SSSR count). The summed E-state index contributed by atoms with van der Waals surface area (Å²) < 4.78 is 0. The molecule has 1 nitrogen and oxygen atoms in total. The lowest BCUT2D eigenvalue weighted by atomic mass is 9.70. The molecule has 60 heavy (non-hydrogen) atoms. The van der Waals surface area contributed by atoms with Crippen LogP contribution >= 0.6 is 0 Å². The second-order valence-electron chi connectivity index (χ2n) is 16.4. The fraction of sp³-hybridized carbons (Fsp3) is 0.0169. The lowest BCUT2D eigenvalue weighted by Gasteiger charge is -2.31. The van der Waals surface area contributed by atoms with Crippen molar-refractivity contribution in [2.45, 2.75) is 5.41 Å². The summed E-state index contributed by atoms with van der Waals surface area (Å²) in [6.45, 7) is 0. The molecule has 0 fully saturated rings. The molecule has 1 heteroatoms. The summed E-state index contributed by atoms with van der Waals surface area (Å²) in [5, 5.41) is 2.71. The normalized spacial score (nSPS) is 14.7. The highest BCUT2D eigenvalue weighted by Gasteiger charge is 2.52. The molecule has 0 saturated heterocycles. The van der Waals surface area contributed by atoms with Gasteiger partial charge >= 0.3 is 0 Å². The van der Waals surface area contributed by atoms with Gasteiger partial charge in [-0.2, -0.15) is 0 Å². The minimum atomic E-state index is -0.464. The molecule has 0 amide bonds. The zero-order chi connectivity index (χ0) is 39.4. The smallest absolute Gasteiger partial charge is 0.0726 e. The molecule has 278 valence electrons. The standard InChI is InChI=1S/C59H37N/c1-3-14-38(15-4-1)40-26-30-42(31-27-40)60(43-32-28-41(29-33-43)39-16-5-2-6-17-39)44-34-35-55-51(36-44)47-20-9-11-24-53(47)59(55)54-25-12-10-21-49(54)58-50-23-13-22-48-45-18-7-8-19-46(45)52(57(48)50)37-56(58)59/h1-37H. The summed E-state index contributed by atoms with van der Waals surface area (Å²) in [7, 11) is 0. The molecule has 0 heterocycles. The highest BCUT2D eigenvalue weighted by molar-refractivity contribution is 6.21. The highest BCUT2D eigenvalue weighted by Crippen LogP contribution is 2.66. The maximum atomic E-state index is 2.56. The Labute approximate surface area is 350 Å². The predicted octanol–water partition coefficient (Wildman–Crippen LogP) is 15.6. The van der Waals surface area contributed by atoms with Crippen LogP contribution in [0.5, 0.6) is 0 Å². The first kappa shape index (κ1) is 33.3. The summed E-state index contributed by atoms with van der Waals surface area (Å²) in [5.74, 6) is 0. The van der Waals surface area contributed by atoms with E-state index in [1.54, 1.807) is 0 Å². The Morgan fingerprint density at radius 3 is 1.37 bits per heavy atom. The summed E-state index contributed by atoms with van der Waals surface area (Å²) >= 11 is 0. The Morgan fingerprint density at radius 2 is 0.733 bits per heavy atom. The third-order valence-corrected chi connectivity index (χ3v) is 13.4. The van der Waals surface area contributed by atoms with Crippen LogP contribution in [0.15, 0.2) is 224 Å². The van der Waals surface area contributed by atoms with Crippen molar-refractivity contribution in [3.8, 4) is 66.8 Å². The SMILES string of the molecule is c1ccc(-c2ccc(N(c3ccc(-c4ccccc4)cc3)c3ccc4c(c3)-c3ccccc3C43c4ccccc4-c4c3cc3c5c(cccc45)-c4ccccc4-3)cc2)cc1. The molecule has 0 N–H and O–H groups in total. The topological polar surface area (TPSA) is 3.24 Å². The van der Waals surface area contributed by atoms with Crippen molar-refractivity contribution in [2.24, 2.45) is 0 Å². The van der Waals surface area contributed by atoms with Crippen LogP contribution in [0.4, 0.5) is 17.1 Å². The molecule has 0 bridgehead atoms. The van der Waals surface area contributed by atoms with Crippen LogP contribution in [0.3, 0.4) is 0 Å². The van der Waals surface area contributed by atoms with E-state index in [-0.39, 0.29) is 0 Å².